The molecule has 0 fully saturated rings. The van der Waals surface area contributed by atoms with E-state index in [0.717, 1.165) is 168 Å². The van der Waals surface area contributed by atoms with Gasteiger partial charge in [0.15, 0.2) is 52.4 Å². The SMILES string of the molecule is CC1(C)c2ccccc2-c2c(-c3nc(-c4ccc(-c5cccc(-c6ccccc6-c6nc(-c7cccc8c7sc7cccc(-c9ccc(C%10(c%11ccccc%11)c%11ccccc%11-c%11c(-c%12nc(-c%13cccc%14c%13sc%13ccccc%13%14)nc(-c%13cccc%14sc%15ccccc%15c%13%14)n%12)cccc%11%10)cc9)c78)nc(-c7cccc8sc9ccccc9c78)n6)c5)c5c4sc4ccccc45)nc(-c4cccc5sc6ccccc6c45)n3)cccc21. The van der Waals surface area contributed by atoms with Gasteiger partial charge in [-0.15, -0.1) is 68.0 Å². The van der Waals surface area contributed by atoms with Gasteiger partial charge in [-0.2, -0.15) is 0 Å². The molecule has 1 unspecified atom stereocenters. The molecule has 0 aliphatic heterocycles. The number of rotatable bonds is 14. The number of hydrogen-bond donors (Lipinski definition) is 0. The first-order valence-electron chi connectivity index (χ1n) is 49.8. The predicted molar refractivity (Wildman–Crippen MR) is 624 cm³/mol. The highest BCUT2D eigenvalue weighted by Gasteiger charge is 2.48. The molecule has 0 saturated carbocycles. The topological polar surface area (TPSA) is 116 Å². The lowest BCUT2D eigenvalue weighted by molar-refractivity contribution is 0.660. The number of hydrogen-bond acceptors (Lipinski definition) is 15. The summed E-state index contributed by atoms with van der Waals surface area (Å²) in [5.41, 5.74) is 25.7. The summed E-state index contributed by atoms with van der Waals surface area (Å²) in [5.74, 6) is 5.51. The molecule has 29 aromatic rings. The Kier molecular flexibility index (Phi) is 19.1. The minimum absolute atomic E-state index is 0.235. The second-order valence-electron chi connectivity index (χ2n) is 38.9. The zero-order valence-electron chi connectivity index (χ0n) is 79.5. The smallest absolute Gasteiger partial charge is 0.165 e. The van der Waals surface area contributed by atoms with Gasteiger partial charge in [0.05, 0.1) is 5.41 Å². The van der Waals surface area contributed by atoms with Gasteiger partial charge in [0.2, 0.25) is 0 Å². The van der Waals surface area contributed by atoms with Gasteiger partial charge in [-0.3, -0.25) is 0 Å². The highest BCUT2D eigenvalue weighted by Crippen LogP contribution is 2.61. The maximum Gasteiger partial charge on any atom is 0.165 e. The fourth-order valence-electron chi connectivity index (χ4n) is 24.1. The van der Waals surface area contributed by atoms with E-state index in [-0.39, 0.29) is 5.41 Å². The summed E-state index contributed by atoms with van der Waals surface area (Å²) in [4.78, 5) is 51.2. The van der Waals surface area contributed by atoms with Gasteiger partial charge < -0.3 is 0 Å². The lowest BCUT2D eigenvalue weighted by Gasteiger charge is -2.34. The van der Waals surface area contributed by atoms with E-state index in [2.05, 4.69) is 445 Å². The van der Waals surface area contributed by atoms with Crippen molar-refractivity contribution in [1.29, 1.82) is 0 Å². The van der Waals surface area contributed by atoms with Crippen LogP contribution in [-0.2, 0) is 10.8 Å². The van der Waals surface area contributed by atoms with E-state index in [1.165, 1.54) is 92.3 Å². The number of nitrogens with zero attached hydrogens (tertiary/aromatic N) is 9. The molecule has 0 radical (unpaired) electrons. The zero-order chi connectivity index (χ0) is 97.3. The lowest BCUT2D eigenvalue weighted by Crippen LogP contribution is -2.28. The summed E-state index contributed by atoms with van der Waals surface area (Å²) in [7, 11) is 0. The van der Waals surface area contributed by atoms with Crippen molar-refractivity contribution >= 4 is 189 Å². The number of aromatic nitrogens is 9. The average Bonchev–Trinajstić information content (AvgIpc) is 1.52. The molecule has 2 aliphatic rings. The largest absolute Gasteiger partial charge is 0.208 e. The summed E-state index contributed by atoms with van der Waals surface area (Å²) in [6.45, 7) is 4.66. The molecular weight excluding hydrogens is 1920 g/mol. The molecule has 9 aromatic heterocycles. The first kappa shape index (κ1) is 85.2. The first-order valence-corrected chi connectivity index (χ1v) is 54.7. The van der Waals surface area contributed by atoms with Gasteiger partial charge in [0.25, 0.3) is 0 Å². The van der Waals surface area contributed by atoms with Crippen LogP contribution in [0.4, 0.5) is 0 Å². The second kappa shape index (κ2) is 33.1. The van der Waals surface area contributed by atoms with Gasteiger partial charge in [-0.25, -0.2) is 44.9 Å². The molecule has 148 heavy (non-hydrogen) atoms. The molecule has 31 rings (SSSR count). The standard InChI is InChI=1S/C133H77N9S6/c1-132(2)100-54-15-8-38-85(100)113-92(47-25-56-102(113)132)124-136-128(96-51-30-65-111-118(96)89-42-13-20-61-107(89)145-111)142-131(139-124)99-72-71-81(119-90-43-14-21-62-108(90)147-122(99)119)76-32-22-31-75(73-76)79-35-6-7-37-84(79)123-134-126(94-49-28-63-109-116(94)87-40-11-18-59-105(87)143-109)140-130(135-123)98-53-24-46-91-115-80(44-27-66-112(115)148-121(91)98)74-67-69-78(70-68-74)133(77-33-4-3-5-34-77)101-55-16-9-39-86(101)114-93(48-26-57-103(114)133)125-137-127(95-50-29-64-110-117(95)88-41-12-19-60-106(88)144-110)141-129(138-125)97-52-23-45-83-82-36-10-17-58-104(82)146-120(83)97/h3-73H,1-2H3. The van der Waals surface area contributed by atoms with Crippen molar-refractivity contribution in [1.82, 2.24) is 44.9 Å². The molecule has 20 aromatic carbocycles. The van der Waals surface area contributed by atoms with Gasteiger partial charge in [0, 0.05) is 177 Å². The molecule has 0 amide bonds. The number of benzene rings is 20. The van der Waals surface area contributed by atoms with Crippen molar-refractivity contribution in [2.24, 2.45) is 0 Å². The third-order valence-corrected chi connectivity index (χ3v) is 37.7. The Morgan fingerprint density at radius 3 is 1.01 bits per heavy atom. The third kappa shape index (κ3) is 12.9. The zero-order valence-corrected chi connectivity index (χ0v) is 84.4. The van der Waals surface area contributed by atoms with Crippen molar-refractivity contribution in [2.75, 3.05) is 0 Å². The highest BCUT2D eigenvalue weighted by molar-refractivity contribution is 7.28. The third-order valence-electron chi connectivity index (χ3n) is 30.7. The number of fused-ring (bicyclic) bond motifs is 24. The Morgan fingerprint density at radius 1 is 0.162 bits per heavy atom. The molecule has 2 aliphatic carbocycles. The Balaban J connectivity index is 0.537. The van der Waals surface area contributed by atoms with Crippen LogP contribution in [0.1, 0.15) is 47.2 Å². The summed E-state index contributed by atoms with van der Waals surface area (Å²) in [6, 6.07) is 157. The van der Waals surface area contributed by atoms with Gasteiger partial charge in [-0.05, 0) is 168 Å². The van der Waals surface area contributed by atoms with E-state index in [1.54, 1.807) is 68.0 Å². The van der Waals surface area contributed by atoms with Crippen LogP contribution in [0.15, 0.2) is 431 Å². The maximum absolute atomic E-state index is 5.78. The van der Waals surface area contributed by atoms with Crippen LogP contribution in [0, 0.1) is 0 Å². The van der Waals surface area contributed by atoms with Gasteiger partial charge >= 0.3 is 0 Å². The minimum Gasteiger partial charge on any atom is -0.208 e. The van der Waals surface area contributed by atoms with Crippen LogP contribution in [0.2, 0.25) is 0 Å². The Morgan fingerprint density at radius 2 is 0.459 bits per heavy atom. The Labute approximate surface area is 873 Å². The highest BCUT2D eigenvalue weighted by atomic mass is 32.1. The fourth-order valence-corrected chi connectivity index (χ4v) is 31.2. The normalized spacial score (nSPS) is 13.7. The van der Waals surface area contributed by atoms with E-state index in [4.69, 9.17) is 44.9 Å². The van der Waals surface area contributed by atoms with Crippen LogP contribution in [0.5, 0.6) is 0 Å². The average molecular weight is 1990 g/mol. The molecular formula is C133H77N9S6. The monoisotopic (exact) mass is 1990 g/mol. The summed E-state index contributed by atoms with van der Waals surface area (Å²) in [5, 5.41) is 13.9. The second-order valence-corrected chi connectivity index (χ2v) is 45.4. The Bertz CT molecular complexity index is 10700. The molecule has 690 valence electrons. The predicted octanol–water partition coefficient (Wildman–Crippen LogP) is 37.1. The van der Waals surface area contributed by atoms with Crippen LogP contribution < -0.4 is 0 Å². The lowest BCUT2D eigenvalue weighted by atomic mass is 9.67. The molecule has 9 nitrogen and oxygen atoms in total. The van der Waals surface area contributed by atoms with Crippen molar-refractivity contribution in [2.45, 2.75) is 24.7 Å². The fraction of sp³-hybridized carbons (Fsp3) is 0.0301. The van der Waals surface area contributed by atoms with Crippen molar-refractivity contribution in [3.8, 4) is 158 Å². The van der Waals surface area contributed by atoms with Crippen molar-refractivity contribution in [3.05, 3.63) is 464 Å². The molecule has 0 saturated heterocycles. The summed E-state index contributed by atoms with van der Waals surface area (Å²) in [6.07, 6.45) is 0. The molecule has 0 spiro atoms. The summed E-state index contributed by atoms with van der Waals surface area (Å²) < 4.78 is 14.1. The molecule has 0 N–H and O–H groups in total. The number of thiophene rings is 6. The van der Waals surface area contributed by atoms with Gasteiger partial charge in [0.1, 0.15) is 0 Å². The van der Waals surface area contributed by atoms with Crippen LogP contribution in [0.25, 0.3) is 279 Å². The molecule has 0 bridgehead atoms. The van der Waals surface area contributed by atoms with E-state index in [1.807, 2.05) is 0 Å². The van der Waals surface area contributed by atoms with Crippen molar-refractivity contribution < 1.29 is 0 Å². The van der Waals surface area contributed by atoms with E-state index in [9.17, 15) is 0 Å². The van der Waals surface area contributed by atoms with Crippen LogP contribution >= 0.6 is 68.0 Å². The van der Waals surface area contributed by atoms with Gasteiger partial charge in [-0.1, -0.05) is 366 Å². The van der Waals surface area contributed by atoms with E-state index in [0.29, 0.717) is 52.4 Å². The molecule has 1 atom stereocenters. The minimum atomic E-state index is -0.776. The van der Waals surface area contributed by atoms with Crippen LogP contribution in [-0.4, -0.2) is 44.9 Å². The molecule has 9 heterocycles. The Hall–Kier alpha value is -17.3. The van der Waals surface area contributed by atoms with E-state index >= 15 is 0 Å². The first-order chi connectivity index (χ1) is 73.1. The van der Waals surface area contributed by atoms with Crippen molar-refractivity contribution in [3.63, 3.8) is 0 Å². The van der Waals surface area contributed by atoms with E-state index < -0.39 is 5.41 Å². The quantitative estimate of drug-likeness (QED) is 0.105. The molecule has 15 heteroatoms. The van der Waals surface area contributed by atoms with Crippen LogP contribution in [0.3, 0.4) is 0 Å². The summed E-state index contributed by atoms with van der Waals surface area (Å²) >= 11 is 10.8. The maximum atomic E-state index is 5.78.